The number of carboxylic acids is 1. The number of aromatic nitrogens is 3. The van der Waals surface area contributed by atoms with Gasteiger partial charge in [-0.3, -0.25) is 9.59 Å². The van der Waals surface area contributed by atoms with Crippen molar-refractivity contribution in [1.29, 1.82) is 0 Å². The van der Waals surface area contributed by atoms with Gasteiger partial charge in [0.25, 0.3) is 5.91 Å². The first-order chi connectivity index (χ1) is 18.5. The number of ether oxygens (including phenoxy) is 1. The summed E-state index contributed by atoms with van der Waals surface area (Å²) in [6.07, 6.45) is 2.42. The molecule has 38 heavy (non-hydrogen) atoms. The molecule has 0 fully saturated rings. The van der Waals surface area contributed by atoms with Gasteiger partial charge in [0.05, 0.1) is 18.5 Å². The third-order valence-electron chi connectivity index (χ3n) is 7.79. The Morgan fingerprint density at radius 3 is 2.76 bits per heavy atom. The summed E-state index contributed by atoms with van der Waals surface area (Å²) < 4.78 is 7.97. The lowest BCUT2D eigenvalue weighted by molar-refractivity contribution is -0.137. The van der Waals surface area contributed by atoms with Crippen molar-refractivity contribution < 1.29 is 19.4 Å². The van der Waals surface area contributed by atoms with Gasteiger partial charge in [0.15, 0.2) is 0 Å². The summed E-state index contributed by atoms with van der Waals surface area (Å²) in [6.45, 7) is 4.32. The van der Waals surface area contributed by atoms with Crippen molar-refractivity contribution in [2.45, 2.75) is 51.6 Å². The number of hydrogen-bond donors (Lipinski definition) is 1. The molecule has 3 aliphatic rings. The SMILES string of the molecule is Cc1c2cccc1C(=O)N1CCc3ccc(cc3C1)C(CC(=O)O)c1ccc3c(c1)nnn3CCCCO2. The van der Waals surface area contributed by atoms with Crippen LogP contribution in [-0.4, -0.2) is 50.0 Å². The van der Waals surface area contributed by atoms with Gasteiger partial charge in [0, 0.05) is 36.7 Å². The lowest BCUT2D eigenvalue weighted by Gasteiger charge is -2.30. The van der Waals surface area contributed by atoms with E-state index >= 15 is 0 Å². The summed E-state index contributed by atoms with van der Waals surface area (Å²) in [6, 6.07) is 17.8. The fourth-order valence-corrected chi connectivity index (χ4v) is 5.66. The lowest BCUT2D eigenvalue weighted by Crippen LogP contribution is -2.36. The molecule has 1 amide bonds. The highest BCUT2D eigenvalue weighted by Gasteiger charge is 2.26. The summed E-state index contributed by atoms with van der Waals surface area (Å²) in [5, 5.41) is 18.5. The van der Waals surface area contributed by atoms with E-state index in [1.165, 1.54) is 5.56 Å². The molecular formula is C30H30N4O4. The van der Waals surface area contributed by atoms with Crippen LogP contribution in [0, 0.1) is 6.92 Å². The zero-order valence-corrected chi connectivity index (χ0v) is 21.4. The molecule has 1 N–H and O–H groups in total. The van der Waals surface area contributed by atoms with Crippen LogP contribution in [0.5, 0.6) is 5.75 Å². The number of amides is 1. The van der Waals surface area contributed by atoms with E-state index < -0.39 is 5.97 Å². The summed E-state index contributed by atoms with van der Waals surface area (Å²) in [4.78, 5) is 27.4. The van der Waals surface area contributed by atoms with Crippen LogP contribution >= 0.6 is 0 Å². The Bertz CT molecular complexity index is 1540. The molecule has 7 rings (SSSR count). The van der Waals surface area contributed by atoms with Gasteiger partial charge in [0.2, 0.25) is 0 Å². The predicted octanol–water partition coefficient (Wildman–Crippen LogP) is 4.72. The number of rotatable bonds is 2. The van der Waals surface area contributed by atoms with Crippen molar-refractivity contribution in [3.63, 3.8) is 0 Å². The minimum atomic E-state index is -0.861. The molecule has 1 aromatic heterocycles. The quantitative estimate of drug-likeness (QED) is 0.419. The number of carbonyl (C=O) groups is 2. The van der Waals surface area contributed by atoms with Gasteiger partial charge in [-0.2, -0.15) is 0 Å². The Labute approximate surface area is 220 Å². The van der Waals surface area contributed by atoms with E-state index in [1.807, 2.05) is 59.0 Å². The fourth-order valence-electron chi connectivity index (χ4n) is 5.66. The van der Waals surface area contributed by atoms with E-state index in [-0.39, 0.29) is 18.2 Å². The first-order valence-corrected chi connectivity index (χ1v) is 13.2. The minimum Gasteiger partial charge on any atom is -0.493 e. The van der Waals surface area contributed by atoms with E-state index in [4.69, 9.17) is 4.74 Å². The van der Waals surface area contributed by atoms with Crippen LogP contribution < -0.4 is 4.74 Å². The van der Waals surface area contributed by atoms with E-state index in [0.717, 1.165) is 58.3 Å². The fraction of sp³-hybridized carbons (Fsp3) is 0.333. The first-order valence-electron chi connectivity index (χ1n) is 13.2. The molecule has 9 bridgehead atoms. The Balaban J connectivity index is 1.43. The average molecular weight is 511 g/mol. The van der Waals surface area contributed by atoms with E-state index in [1.54, 1.807) is 0 Å². The summed E-state index contributed by atoms with van der Waals surface area (Å²) in [5.74, 6) is -0.467. The maximum atomic E-state index is 13.6. The Morgan fingerprint density at radius 1 is 1.05 bits per heavy atom. The molecule has 0 saturated carbocycles. The number of hydrogen-bond acceptors (Lipinski definition) is 5. The monoisotopic (exact) mass is 510 g/mol. The molecule has 0 radical (unpaired) electrons. The molecule has 8 heteroatoms. The molecule has 0 aliphatic carbocycles. The normalized spacial score (nSPS) is 17.7. The molecule has 4 heterocycles. The Kier molecular flexibility index (Phi) is 6.31. The zero-order chi connectivity index (χ0) is 26.2. The maximum absolute atomic E-state index is 13.6. The molecule has 1 unspecified atom stereocenters. The molecule has 3 aromatic carbocycles. The predicted molar refractivity (Wildman–Crippen MR) is 142 cm³/mol. The lowest BCUT2D eigenvalue weighted by atomic mass is 9.85. The van der Waals surface area contributed by atoms with E-state index in [9.17, 15) is 14.7 Å². The van der Waals surface area contributed by atoms with Gasteiger partial charge in [-0.25, -0.2) is 4.68 Å². The van der Waals surface area contributed by atoms with Crippen LogP contribution in [0.2, 0.25) is 0 Å². The molecule has 194 valence electrons. The van der Waals surface area contributed by atoms with Crippen LogP contribution in [0.4, 0.5) is 0 Å². The molecule has 3 aliphatic heterocycles. The molecule has 4 aromatic rings. The van der Waals surface area contributed by atoms with E-state index in [2.05, 4.69) is 22.4 Å². The summed E-state index contributed by atoms with van der Waals surface area (Å²) in [5.41, 5.74) is 7.27. The standard InChI is InChI=1S/C30H30N4O4/c1-19-24-5-4-6-28(19)38-14-3-2-12-34-27-10-9-22(16-26(27)31-32-34)25(17-29(35)36)21-8-7-20-11-13-33(30(24)37)18-23(20)15-21/h4-10,15-16,25H,2-3,11-14,17-18H2,1H3,(H,35,36). The number of carboxylic acid groups (broad SMARTS) is 1. The molecule has 1 atom stereocenters. The number of nitrogens with zero attached hydrogens (tertiary/aromatic N) is 4. The second-order valence-electron chi connectivity index (χ2n) is 10.2. The maximum Gasteiger partial charge on any atom is 0.304 e. The number of benzene rings is 3. The second-order valence-corrected chi connectivity index (χ2v) is 10.2. The second kappa shape index (κ2) is 9.93. The van der Waals surface area contributed by atoms with Gasteiger partial charge in [-0.05, 0) is 72.7 Å². The Morgan fingerprint density at radius 2 is 1.89 bits per heavy atom. The van der Waals surface area contributed by atoms with E-state index in [0.29, 0.717) is 31.8 Å². The highest BCUT2D eigenvalue weighted by Crippen LogP contribution is 2.33. The van der Waals surface area contributed by atoms with Crippen LogP contribution in [0.15, 0.2) is 54.6 Å². The van der Waals surface area contributed by atoms with Crippen molar-refractivity contribution in [3.05, 3.63) is 88.0 Å². The van der Waals surface area contributed by atoms with Crippen LogP contribution in [0.25, 0.3) is 11.0 Å². The van der Waals surface area contributed by atoms with Crippen LogP contribution in [-0.2, 0) is 24.3 Å². The number of carbonyl (C=O) groups excluding carboxylic acids is 1. The third kappa shape index (κ3) is 4.51. The van der Waals surface area contributed by atoms with Crippen molar-refractivity contribution in [1.82, 2.24) is 19.9 Å². The van der Waals surface area contributed by atoms with Gasteiger partial charge in [0.1, 0.15) is 11.3 Å². The average Bonchev–Trinajstić information content (AvgIpc) is 3.33. The topological polar surface area (TPSA) is 97.5 Å². The largest absolute Gasteiger partial charge is 0.493 e. The van der Waals surface area contributed by atoms with Crippen molar-refractivity contribution in [3.8, 4) is 5.75 Å². The van der Waals surface area contributed by atoms with Crippen molar-refractivity contribution in [2.24, 2.45) is 0 Å². The van der Waals surface area contributed by atoms with Crippen molar-refractivity contribution in [2.75, 3.05) is 13.2 Å². The van der Waals surface area contributed by atoms with Gasteiger partial charge < -0.3 is 14.7 Å². The number of aliphatic carboxylic acids is 1. The van der Waals surface area contributed by atoms with Gasteiger partial charge in [-0.1, -0.05) is 35.5 Å². The van der Waals surface area contributed by atoms with Gasteiger partial charge in [-0.15, -0.1) is 5.10 Å². The first kappa shape index (κ1) is 24.2. The highest BCUT2D eigenvalue weighted by atomic mass is 16.5. The van der Waals surface area contributed by atoms with Crippen LogP contribution in [0.3, 0.4) is 0 Å². The van der Waals surface area contributed by atoms with Crippen LogP contribution in [0.1, 0.15) is 63.4 Å². The summed E-state index contributed by atoms with van der Waals surface area (Å²) >= 11 is 0. The van der Waals surface area contributed by atoms with Crippen molar-refractivity contribution >= 4 is 22.9 Å². The number of aryl methyl sites for hydroxylation is 1. The highest BCUT2D eigenvalue weighted by molar-refractivity contribution is 5.96. The molecule has 0 spiro atoms. The zero-order valence-electron chi connectivity index (χ0n) is 21.4. The van der Waals surface area contributed by atoms with Gasteiger partial charge >= 0.3 is 5.97 Å². The Hall–Kier alpha value is -4.20. The number of fused-ring (bicyclic) bond motifs is 5. The molecule has 0 saturated heterocycles. The smallest absolute Gasteiger partial charge is 0.304 e. The molecular weight excluding hydrogens is 480 g/mol. The molecule has 8 nitrogen and oxygen atoms in total. The third-order valence-corrected chi connectivity index (χ3v) is 7.79. The summed E-state index contributed by atoms with van der Waals surface area (Å²) in [7, 11) is 0. The minimum absolute atomic E-state index is 0.00881.